The first-order valence-electron chi connectivity index (χ1n) is 7.64. The molecule has 0 spiro atoms. The van der Waals surface area contributed by atoms with Gasteiger partial charge in [0, 0.05) is 6.04 Å². The van der Waals surface area contributed by atoms with Crippen molar-refractivity contribution in [3.8, 4) is 0 Å². The maximum absolute atomic E-state index is 13.0. The minimum atomic E-state index is -0.429. The fraction of sp³-hybridized carbons (Fsp3) is 0.278. The van der Waals surface area contributed by atoms with Crippen molar-refractivity contribution >= 4 is 23.2 Å². The molecule has 120 valence electrons. The molecular formula is C18H18ClFN2O. The minimum absolute atomic E-state index is 0.177. The maximum atomic E-state index is 13.0. The number of hydrogen-bond acceptors (Lipinski definition) is 2. The van der Waals surface area contributed by atoms with Gasteiger partial charge in [0.25, 0.3) is 0 Å². The molecule has 0 saturated carbocycles. The van der Waals surface area contributed by atoms with Gasteiger partial charge in [-0.15, -0.1) is 0 Å². The van der Waals surface area contributed by atoms with Crippen LogP contribution in [0.4, 0.5) is 10.1 Å². The van der Waals surface area contributed by atoms with E-state index in [9.17, 15) is 9.18 Å². The summed E-state index contributed by atoms with van der Waals surface area (Å²) in [6, 6.07) is 12.0. The lowest BCUT2D eigenvalue weighted by molar-refractivity contribution is -0.118. The number of carbonyl (C=O) groups excluding carboxylic acids is 1. The summed E-state index contributed by atoms with van der Waals surface area (Å²) in [7, 11) is 0. The highest BCUT2D eigenvalue weighted by Crippen LogP contribution is 2.31. The van der Waals surface area contributed by atoms with Gasteiger partial charge in [0.2, 0.25) is 5.91 Å². The van der Waals surface area contributed by atoms with Gasteiger partial charge < -0.3 is 5.32 Å². The number of amides is 1. The van der Waals surface area contributed by atoms with Gasteiger partial charge in [0.1, 0.15) is 5.82 Å². The molecule has 2 aromatic carbocycles. The van der Waals surface area contributed by atoms with E-state index in [1.54, 1.807) is 0 Å². The average Bonchev–Trinajstić information content (AvgIpc) is 2.93. The molecule has 0 fully saturated rings. The predicted octanol–water partition coefficient (Wildman–Crippen LogP) is 4.08. The fourth-order valence-electron chi connectivity index (χ4n) is 2.94. The van der Waals surface area contributed by atoms with Crippen LogP contribution in [0.15, 0.2) is 42.5 Å². The lowest BCUT2D eigenvalue weighted by Gasteiger charge is -2.20. The van der Waals surface area contributed by atoms with Crippen LogP contribution in [-0.4, -0.2) is 11.9 Å². The standard InChI is InChI=1S/C18H18ClFN2O/c1-11(18(23)22-17-9-7-13(20)10-15(17)19)21-16-8-6-12-4-2-3-5-14(12)16/h2-5,7,9-11,16,21H,6,8H2,1H3,(H,22,23)/t11-,16+/m1/s1. The Kier molecular flexibility index (Phi) is 4.64. The molecule has 0 aromatic heterocycles. The third-order valence-electron chi connectivity index (χ3n) is 4.17. The largest absolute Gasteiger partial charge is 0.323 e. The third kappa shape index (κ3) is 3.54. The summed E-state index contributed by atoms with van der Waals surface area (Å²) >= 11 is 5.94. The van der Waals surface area contributed by atoms with E-state index in [0.717, 1.165) is 12.8 Å². The van der Waals surface area contributed by atoms with Crippen molar-refractivity contribution in [3.05, 3.63) is 64.4 Å². The highest BCUT2D eigenvalue weighted by Gasteiger charge is 2.25. The number of anilines is 1. The highest BCUT2D eigenvalue weighted by atomic mass is 35.5. The number of halogens is 2. The molecule has 2 atom stereocenters. The van der Waals surface area contributed by atoms with Gasteiger partial charge in [-0.1, -0.05) is 35.9 Å². The van der Waals surface area contributed by atoms with Gasteiger partial charge >= 0.3 is 0 Å². The van der Waals surface area contributed by atoms with Crippen molar-refractivity contribution in [1.82, 2.24) is 5.32 Å². The van der Waals surface area contributed by atoms with E-state index >= 15 is 0 Å². The van der Waals surface area contributed by atoms with Crippen LogP contribution < -0.4 is 10.6 Å². The topological polar surface area (TPSA) is 41.1 Å². The molecule has 1 aliphatic carbocycles. The molecular weight excluding hydrogens is 315 g/mol. The van der Waals surface area contributed by atoms with Crippen LogP contribution in [0.25, 0.3) is 0 Å². The Morgan fingerprint density at radius 1 is 1.30 bits per heavy atom. The molecule has 0 saturated heterocycles. The lowest BCUT2D eigenvalue weighted by Crippen LogP contribution is -2.39. The summed E-state index contributed by atoms with van der Waals surface area (Å²) in [5, 5.41) is 6.28. The number of hydrogen-bond donors (Lipinski definition) is 2. The van der Waals surface area contributed by atoms with Crippen LogP contribution in [0, 0.1) is 5.82 Å². The van der Waals surface area contributed by atoms with Gasteiger partial charge in [-0.3, -0.25) is 10.1 Å². The van der Waals surface area contributed by atoms with Crippen molar-refractivity contribution in [2.75, 3.05) is 5.32 Å². The fourth-order valence-corrected chi connectivity index (χ4v) is 3.15. The van der Waals surface area contributed by atoms with Crippen LogP contribution >= 0.6 is 11.6 Å². The summed E-state index contributed by atoms with van der Waals surface area (Å²) in [5.41, 5.74) is 3.00. The van der Waals surface area contributed by atoms with Gasteiger partial charge in [0.05, 0.1) is 16.8 Å². The molecule has 1 aliphatic rings. The second-order valence-electron chi connectivity index (χ2n) is 5.79. The minimum Gasteiger partial charge on any atom is -0.323 e. The highest BCUT2D eigenvalue weighted by molar-refractivity contribution is 6.33. The Morgan fingerprint density at radius 2 is 2.09 bits per heavy atom. The number of aryl methyl sites for hydroxylation is 1. The van der Waals surface area contributed by atoms with Crippen LogP contribution in [-0.2, 0) is 11.2 Å². The van der Waals surface area contributed by atoms with Crippen molar-refractivity contribution < 1.29 is 9.18 Å². The predicted molar refractivity (Wildman–Crippen MR) is 90.1 cm³/mol. The summed E-state index contributed by atoms with van der Waals surface area (Å²) in [4.78, 5) is 12.3. The van der Waals surface area contributed by atoms with Crippen molar-refractivity contribution in [2.24, 2.45) is 0 Å². The normalized spacial score (nSPS) is 17.6. The molecule has 0 radical (unpaired) electrons. The maximum Gasteiger partial charge on any atom is 0.241 e. The molecule has 0 bridgehead atoms. The van der Waals surface area contributed by atoms with E-state index < -0.39 is 5.82 Å². The van der Waals surface area contributed by atoms with Crippen LogP contribution in [0.1, 0.15) is 30.5 Å². The third-order valence-corrected chi connectivity index (χ3v) is 4.48. The molecule has 3 rings (SSSR count). The smallest absolute Gasteiger partial charge is 0.241 e. The number of fused-ring (bicyclic) bond motifs is 1. The van der Waals surface area contributed by atoms with E-state index in [1.807, 2.05) is 19.1 Å². The zero-order valence-electron chi connectivity index (χ0n) is 12.8. The molecule has 2 aromatic rings. The number of nitrogens with one attached hydrogen (secondary N) is 2. The van der Waals surface area contributed by atoms with Gasteiger partial charge in [-0.2, -0.15) is 0 Å². The summed E-state index contributed by atoms with van der Waals surface area (Å²) < 4.78 is 13.0. The molecule has 23 heavy (non-hydrogen) atoms. The van der Waals surface area contributed by atoms with E-state index in [-0.39, 0.29) is 23.0 Å². The van der Waals surface area contributed by atoms with Crippen molar-refractivity contribution in [2.45, 2.75) is 31.8 Å². The van der Waals surface area contributed by atoms with Gasteiger partial charge in [-0.25, -0.2) is 4.39 Å². The molecule has 3 nitrogen and oxygen atoms in total. The molecule has 0 heterocycles. The first-order chi connectivity index (χ1) is 11.0. The van der Waals surface area contributed by atoms with Crippen LogP contribution in [0.5, 0.6) is 0 Å². The first kappa shape index (κ1) is 16.0. The Morgan fingerprint density at radius 3 is 2.87 bits per heavy atom. The SMILES string of the molecule is C[C@@H](N[C@H]1CCc2ccccc21)C(=O)Nc1ccc(F)cc1Cl. The second-order valence-corrected chi connectivity index (χ2v) is 6.20. The Labute approximate surface area is 139 Å². The Balaban J connectivity index is 1.64. The molecule has 5 heteroatoms. The van der Waals surface area contributed by atoms with Crippen molar-refractivity contribution in [1.29, 1.82) is 0 Å². The van der Waals surface area contributed by atoms with Gasteiger partial charge in [-0.05, 0) is 49.1 Å². The lowest BCUT2D eigenvalue weighted by atomic mass is 10.1. The number of rotatable bonds is 4. The van der Waals surface area contributed by atoms with E-state index in [1.165, 1.54) is 29.3 Å². The zero-order chi connectivity index (χ0) is 16.4. The Bertz CT molecular complexity index is 735. The summed E-state index contributed by atoms with van der Waals surface area (Å²) in [6.45, 7) is 1.81. The molecule has 2 N–H and O–H groups in total. The van der Waals surface area contributed by atoms with E-state index in [4.69, 9.17) is 11.6 Å². The van der Waals surface area contributed by atoms with Crippen molar-refractivity contribution in [3.63, 3.8) is 0 Å². The molecule has 0 unspecified atom stereocenters. The van der Waals surface area contributed by atoms with Crippen LogP contribution in [0.3, 0.4) is 0 Å². The van der Waals surface area contributed by atoms with Crippen LogP contribution in [0.2, 0.25) is 5.02 Å². The zero-order valence-corrected chi connectivity index (χ0v) is 13.5. The van der Waals surface area contributed by atoms with E-state index in [0.29, 0.717) is 5.69 Å². The second kappa shape index (κ2) is 6.69. The van der Waals surface area contributed by atoms with E-state index in [2.05, 4.69) is 22.8 Å². The molecule has 1 amide bonds. The monoisotopic (exact) mass is 332 g/mol. The Hall–Kier alpha value is -1.91. The number of benzene rings is 2. The quantitative estimate of drug-likeness (QED) is 0.885. The van der Waals surface area contributed by atoms with Gasteiger partial charge in [0.15, 0.2) is 0 Å². The summed E-state index contributed by atoms with van der Waals surface area (Å²) in [5.74, 6) is -0.621. The summed E-state index contributed by atoms with van der Waals surface area (Å²) in [6.07, 6.45) is 2.00. The average molecular weight is 333 g/mol. The molecule has 0 aliphatic heterocycles. The first-order valence-corrected chi connectivity index (χ1v) is 8.02. The number of carbonyl (C=O) groups is 1.